The lowest BCUT2D eigenvalue weighted by atomic mass is 10.0. The van der Waals surface area contributed by atoms with Crippen LogP contribution in [0.3, 0.4) is 0 Å². The molecule has 1 aromatic carbocycles. The zero-order chi connectivity index (χ0) is 26.3. The molecule has 1 saturated heterocycles. The Labute approximate surface area is 208 Å². The molecule has 0 bridgehead atoms. The van der Waals surface area contributed by atoms with Crippen LogP contribution < -0.4 is 10.2 Å². The van der Waals surface area contributed by atoms with Crippen LogP contribution in [-0.2, 0) is 15.7 Å². The average molecular weight is 514 g/mol. The Morgan fingerprint density at radius 2 is 1.95 bits per heavy atom. The van der Waals surface area contributed by atoms with Gasteiger partial charge in [-0.15, -0.1) is 0 Å². The predicted octanol–water partition coefficient (Wildman–Crippen LogP) is 5.18. The van der Waals surface area contributed by atoms with Crippen molar-refractivity contribution >= 4 is 28.7 Å². The highest BCUT2D eigenvalue weighted by molar-refractivity contribution is 5.96. The quantitative estimate of drug-likeness (QED) is 0.370. The van der Waals surface area contributed by atoms with Crippen molar-refractivity contribution in [2.24, 2.45) is 0 Å². The van der Waals surface area contributed by atoms with Gasteiger partial charge in [-0.05, 0) is 36.2 Å². The second kappa shape index (κ2) is 9.43. The molecule has 1 N–H and O–H groups in total. The van der Waals surface area contributed by atoms with Gasteiger partial charge in [-0.2, -0.15) is 18.3 Å². The number of ether oxygens (including phenoxy) is 1. The summed E-state index contributed by atoms with van der Waals surface area (Å²) < 4.78 is 63.1. The first kappa shape index (κ1) is 24.6. The average Bonchev–Trinajstić information content (AvgIpc) is 3.29. The van der Waals surface area contributed by atoms with Crippen molar-refractivity contribution in [3.05, 3.63) is 65.9 Å². The highest BCUT2D eigenvalue weighted by Gasteiger charge is 2.37. The van der Waals surface area contributed by atoms with E-state index in [2.05, 4.69) is 20.4 Å². The third kappa shape index (κ3) is 4.84. The van der Waals surface area contributed by atoms with Crippen LogP contribution in [0, 0.1) is 5.82 Å². The summed E-state index contributed by atoms with van der Waals surface area (Å²) in [6, 6.07) is 6.87. The van der Waals surface area contributed by atoms with E-state index in [1.807, 2.05) is 13.8 Å². The van der Waals surface area contributed by atoms with Crippen molar-refractivity contribution in [3.63, 3.8) is 0 Å². The number of nitrogens with one attached hydrogen (secondary N) is 1. The number of morpholine rings is 1. The minimum absolute atomic E-state index is 0.0116. The smallest absolute Gasteiger partial charge is 0.370 e. The molecule has 0 saturated carbocycles. The highest BCUT2D eigenvalue weighted by atomic mass is 19.4. The fourth-order valence-corrected chi connectivity index (χ4v) is 4.20. The fourth-order valence-electron chi connectivity index (χ4n) is 4.20. The van der Waals surface area contributed by atoms with Gasteiger partial charge in [-0.1, -0.05) is 13.8 Å². The van der Waals surface area contributed by atoms with Gasteiger partial charge in [-0.3, -0.25) is 4.79 Å². The molecule has 0 spiro atoms. The fraction of sp³-hybridized carbons (Fsp3) is 0.280. The van der Waals surface area contributed by atoms with Gasteiger partial charge in [0.25, 0.3) is 5.91 Å². The second-order valence-corrected chi connectivity index (χ2v) is 8.84. The van der Waals surface area contributed by atoms with Crippen LogP contribution in [0.4, 0.5) is 34.9 Å². The molecule has 1 amide bonds. The number of pyridine rings is 1. The summed E-state index contributed by atoms with van der Waals surface area (Å²) in [4.78, 5) is 21.3. The third-order valence-corrected chi connectivity index (χ3v) is 6.03. The zero-order valence-corrected chi connectivity index (χ0v) is 19.9. The lowest BCUT2D eigenvalue weighted by Crippen LogP contribution is -2.42. The first-order valence-electron chi connectivity index (χ1n) is 11.5. The summed E-state index contributed by atoms with van der Waals surface area (Å²) in [5, 5.41) is 7.02. The first-order chi connectivity index (χ1) is 17.6. The van der Waals surface area contributed by atoms with Gasteiger partial charge in [0.2, 0.25) is 5.95 Å². The van der Waals surface area contributed by atoms with Gasteiger partial charge < -0.3 is 15.0 Å². The number of hydrogen-bond donors (Lipinski definition) is 1. The maximum atomic E-state index is 14.7. The normalized spacial score (nSPS) is 14.6. The number of halogens is 4. The van der Waals surface area contributed by atoms with Crippen molar-refractivity contribution in [2.45, 2.75) is 25.9 Å². The molecule has 192 valence electrons. The van der Waals surface area contributed by atoms with Crippen molar-refractivity contribution in [2.75, 3.05) is 30.0 Å². The minimum Gasteiger partial charge on any atom is -0.370 e. The van der Waals surface area contributed by atoms with Gasteiger partial charge >= 0.3 is 6.18 Å². The molecule has 1 aliphatic heterocycles. The van der Waals surface area contributed by atoms with Gasteiger partial charge in [-0.25, -0.2) is 18.9 Å². The summed E-state index contributed by atoms with van der Waals surface area (Å²) in [6.07, 6.45) is -0.332. The van der Waals surface area contributed by atoms with Crippen LogP contribution in [0.15, 0.2) is 48.9 Å². The monoisotopic (exact) mass is 514 g/mol. The van der Waals surface area contributed by atoms with E-state index in [1.165, 1.54) is 12.1 Å². The van der Waals surface area contributed by atoms with Crippen molar-refractivity contribution in [3.8, 4) is 11.3 Å². The van der Waals surface area contributed by atoms with Gasteiger partial charge in [0.15, 0.2) is 5.82 Å². The van der Waals surface area contributed by atoms with Crippen molar-refractivity contribution in [1.82, 2.24) is 19.6 Å². The van der Waals surface area contributed by atoms with Gasteiger partial charge in [0.05, 0.1) is 35.8 Å². The number of carbonyl (C=O) groups is 1. The van der Waals surface area contributed by atoms with Crippen LogP contribution >= 0.6 is 0 Å². The molecule has 37 heavy (non-hydrogen) atoms. The summed E-state index contributed by atoms with van der Waals surface area (Å²) in [5.41, 5.74) is 1.00. The SMILES string of the molecule is CC(C)c1cnn2ccc(-c3nc(Nc4ccc(N5CCOCC5=O)c(C(F)(F)F)c4)ncc3F)cc12. The Balaban J connectivity index is 1.49. The number of amides is 1. The molecule has 5 rings (SSSR count). The summed E-state index contributed by atoms with van der Waals surface area (Å²) in [6.45, 7) is 3.91. The van der Waals surface area contributed by atoms with E-state index in [9.17, 15) is 22.4 Å². The summed E-state index contributed by atoms with van der Waals surface area (Å²) in [5.74, 6) is -1.13. The van der Waals surface area contributed by atoms with Gasteiger partial charge in [0.1, 0.15) is 12.3 Å². The standard InChI is InChI=1S/C25H22F4N6O2/c1-14(2)17-11-31-35-6-5-15(9-21(17)35)23-19(26)12-30-24(33-23)32-16-3-4-20(18(10-16)25(27,28)29)34-7-8-37-13-22(34)36/h3-6,9-12,14H,7-8,13H2,1-2H3,(H,30,32,33). The van der Waals surface area contributed by atoms with Crippen molar-refractivity contribution < 1.29 is 27.1 Å². The predicted molar refractivity (Wildman–Crippen MR) is 128 cm³/mol. The van der Waals surface area contributed by atoms with E-state index in [0.717, 1.165) is 28.2 Å². The number of hydrogen-bond acceptors (Lipinski definition) is 6. The van der Waals surface area contributed by atoms with E-state index in [0.29, 0.717) is 5.56 Å². The number of carbonyl (C=O) groups excluding carboxylic acids is 1. The molecule has 8 nitrogen and oxygen atoms in total. The van der Waals surface area contributed by atoms with E-state index in [1.54, 1.807) is 29.0 Å². The molecule has 1 fully saturated rings. The Morgan fingerprint density at radius 1 is 1.14 bits per heavy atom. The van der Waals surface area contributed by atoms with E-state index < -0.39 is 23.5 Å². The molecule has 0 atom stereocenters. The molecule has 12 heteroatoms. The number of nitrogens with zero attached hydrogens (tertiary/aromatic N) is 5. The third-order valence-electron chi connectivity index (χ3n) is 6.03. The topological polar surface area (TPSA) is 84.6 Å². The molecule has 4 aromatic rings. The molecule has 1 aliphatic rings. The largest absolute Gasteiger partial charge is 0.418 e. The summed E-state index contributed by atoms with van der Waals surface area (Å²) in [7, 11) is 0. The lowest BCUT2D eigenvalue weighted by molar-refractivity contribution is -0.137. The Kier molecular flexibility index (Phi) is 6.28. The maximum Gasteiger partial charge on any atom is 0.418 e. The minimum atomic E-state index is -4.73. The number of benzene rings is 1. The van der Waals surface area contributed by atoms with Crippen LogP contribution in [-0.4, -0.2) is 45.2 Å². The maximum absolute atomic E-state index is 14.7. The van der Waals surface area contributed by atoms with E-state index >= 15 is 0 Å². The van der Waals surface area contributed by atoms with Crippen LogP contribution in [0.2, 0.25) is 0 Å². The Morgan fingerprint density at radius 3 is 2.68 bits per heavy atom. The molecule has 3 aromatic heterocycles. The molecule has 0 aliphatic carbocycles. The lowest BCUT2D eigenvalue weighted by Gasteiger charge is -2.29. The number of aromatic nitrogens is 4. The zero-order valence-electron chi connectivity index (χ0n) is 19.9. The molecule has 0 radical (unpaired) electrons. The molecule has 0 unspecified atom stereocenters. The van der Waals surface area contributed by atoms with Gasteiger partial charge in [0, 0.05) is 29.6 Å². The summed E-state index contributed by atoms with van der Waals surface area (Å²) >= 11 is 0. The number of rotatable bonds is 5. The Bertz CT molecular complexity index is 1480. The second-order valence-electron chi connectivity index (χ2n) is 8.84. The van der Waals surface area contributed by atoms with Crippen LogP contribution in [0.5, 0.6) is 0 Å². The Hall–Kier alpha value is -4.06. The molecule has 4 heterocycles. The first-order valence-corrected chi connectivity index (χ1v) is 11.5. The number of anilines is 3. The number of alkyl halides is 3. The van der Waals surface area contributed by atoms with Crippen molar-refractivity contribution in [1.29, 1.82) is 0 Å². The molecular weight excluding hydrogens is 492 g/mol. The van der Waals surface area contributed by atoms with Crippen LogP contribution in [0.1, 0.15) is 30.9 Å². The van der Waals surface area contributed by atoms with Crippen LogP contribution in [0.25, 0.3) is 16.8 Å². The van der Waals surface area contributed by atoms with E-state index in [4.69, 9.17) is 4.74 Å². The van der Waals surface area contributed by atoms with E-state index in [-0.39, 0.29) is 48.7 Å². The highest BCUT2D eigenvalue weighted by Crippen LogP contribution is 2.39. The number of fused-ring (bicyclic) bond motifs is 1. The molecular formula is C25H22F4N6O2.